The second-order valence-corrected chi connectivity index (χ2v) is 7.35. The summed E-state index contributed by atoms with van der Waals surface area (Å²) in [4.78, 5) is 33.5. The number of alkyl halides is 3. The lowest BCUT2D eigenvalue weighted by atomic mass is 10.0. The molecule has 0 fully saturated rings. The Morgan fingerprint density at radius 2 is 1.45 bits per heavy atom. The standard InChI is InChI=1S/C23H14ClF3N4O2/c24-18-6-5-16(12-17(18)23(25,26)27)31-22(33)30-15-3-1-2-13(10-15)21(32)14-4-7-19-20(11-14)29-9-8-28-19/h1-12H,(H2,30,31,33). The van der Waals surface area contributed by atoms with E-state index in [0.717, 1.165) is 12.1 Å². The molecule has 0 saturated carbocycles. The van der Waals surface area contributed by atoms with Gasteiger partial charge in [-0.2, -0.15) is 13.2 Å². The van der Waals surface area contributed by atoms with Crippen LogP contribution in [0.3, 0.4) is 0 Å². The first-order chi connectivity index (χ1) is 15.7. The Hall–Kier alpha value is -3.98. The summed E-state index contributed by atoms with van der Waals surface area (Å²) >= 11 is 5.59. The zero-order valence-corrected chi connectivity index (χ0v) is 17.4. The molecular formula is C23H14ClF3N4O2. The lowest BCUT2D eigenvalue weighted by Gasteiger charge is -2.12. The third-order valence-electron chi connectivity index (χ3n) is 4.64. The molecule has 0 aliphatic carbocycles. The molecule has 166 valence electrons. The van der Waals surface area contributed by atoms with Crippen molar-refractivity contribution in [2.45, 2.75) is 6.18 Å². The van der Waals surface area contributed by atoms with Gasteiger partial charge in [-0.05, 0) is 48.5 Å². The molecule has 33 heavy (non-hydrogen) atoms. The summed E-state index contributed by atoms with van der Waals surface area (Å²) in [6.07, 6.45) is -1.58. The Labute approximate surface area is 190 Å². The molecule has 2 amide bonds. The van der Waals surface area contributed by atoms with Crippen LogP contribution >= 0.6 is 11.6 Å². The van der Waals surface area contributed by atoms with E-state index in [1.165, 1.54) is 18.3 Å². The molecule has 6 nitrogen and oxygen atoms in total. The fourth-order valence-corrected chi connectivity index (χ4v) is 3.35. The van der Waals surface area contributed by atoms with Crippen molar-refractivity contribution in [3.8, 4) is 0 Å². The molecule has 0 unspecified atom stereocenters. The summed E-state index contributed by atoms with van der Waals surface area (Å²) in [7, 11) is 0. The number of hydrogen-bond donors (Lipinski definition) is 2. The predicted molar refractivity (Wildman–Crippen MR) is 119 cm³/mol. The van der Waals surface area contributed by atoms with Crippen molar-refractivity contribution >= 4 is 45.8 Å². The molecule has 3 aromatic carbocycles. The summed E-state index contributed by atoms with van der Waals surface area (Å²) in [5.41, 5.74) is 1.05. The van der Waals surface area contributed by atoms with Crippen LogP contribution in [0.4, 0.5) is 29.3 Å². The van der Waals surface area contributed by atoms with Gasteiger partial charge in [0.05, 0.1) is 21.6 Å². The lowest BCUT2D eigenvalue weighted by Crippen LogP contribution is -2.20. The van der Waals surface area contributed by atoms with Crippen LogP contribution in [0.2, 0.25) is 5.02 Å². The van der Waals surface area contributed by atoms with Crippen LogP contribution in [0.25, 0.3) is 11.0 Å². The van der Waals surface area contributed by atoms with E-state index < -0.39 is 22.8 Å². The number of halogens is 4. The largest absolute Gasteiger partial charge is 0.417 e. The van der Waals surface area contributed by atoms with Crippen LogP contribution in [-0.2, 0) is 6.18 Å². The summed E-state index contributed by atoms with van der Waals surface area (Å²) in [5.74, 6) is -0.292. The van der Waals surface area contributed by atoms with E-state index >= 15 is 0 Å². The Balaban J connectivity index is 1.50. The number of carbonyl (C=O) groups excluding carboxylic acids is 2. The average molecular weight is 471 g/mol. The van der Waals surface area contributed by atoms with Gasteiger partial charge in [0.1, 0.15) is 0 Å². The minimum atomic E-state index is -4.66. The van der Waals surface area contributed by atoms with Gasteiger partial charge in [-0.1, -0.05) is 23.7 Å². The van der Waals surface area contributed by atoms with E-state index in [2.05, 4.69) is 20.6 Å². The van der Waals surface area contributed by atoms with Crippen molar-refractivity contribution in [1.29, 1.82) is 0 Å². The van der Waals surface area contributed by atoms with Gasteiger partial charge in [-0.25, -0.2) is 4.79 Å². The van der Waals surface area contributed by atoms with Crippen LogP contribution in [-0.4, -0.2) is 21.8 Å². The van der Waals surface area contributed by atoms with Crippen molar-refractivity contribution in [3.63, 3.8) is 0 Å². The van der Waals surface area contributed by atoms with Crippen LogP contribution in [0.15, 0.2) is 73.1 Å². The molecule has 0 radical (unpaired) electrons. The number of nitrogens with one attached hydrogen (secondary N) is 2. The number of carbonyl (C=O) groups is 2. The third-order valence-corrected chi connectivity index (χ3v) is 4.97. The molecule has 0 spiro atoms. The quantitative estimate of drug-likeness (QED) is 0.349. The highest BCUT2D eigenvalue weighted by atomic mass is 35.5. The highest BCUT2D eigenvalue weighted by Crippen LogP contribution is 2.36. The molecular weight excluding hydrogens is 457 g/mol. The SMILES string of the molecule is O=C(Nc1cccc(C(=O)c2ccc3nccnc3c2)c1)Nc1ccc(Cl)c(C(F)(F)F)c1. The molecule has 2 N–H and O–H groups in total. The van der Waals surface area contributed by atoms with Gasteiger partial charge in [-0.3, -0.25) is 14.8 Å². The zero-order valence-electron chi connectivity index (χ0n) is 16.7. The van der Waals surface area contributed by atoms with Crippen molar-refractivity contribution in [2.24, 2.45) is 0 Å². The number of nitrogens with zero attached hydrogens (tertiary/aromatic N) is 2. The highest BCUT2D eigenvalue weighted by molar-refractivity contribution is 6.31. The maximum Gasteiger partial charge on any atom is 0.417 e. The summed E-state index contributed by atoms with van der Waals surface area (Å²) in [5, 5.41) is 4.35. The molecule has 10 heteroatoms. The fraction of sp³-hybridized carbons (Fsp3) is 0.0435. The number of rotatable bonds is 4. The molecule has 0 saturated heterocycles. The number of ketones is 1. The second-order valence-electron chi connectivity index (χ2n) is 6.94. The van der Waals surface area contributed by atoms with Gasteiger partial charge in [-0.15, -0.1) is 0 Å². The minimum Gasteiger partial charge on any atom is -0.308 e. The lowest BCUT2D eigenvalue weighted by molar-refractivity contribution is -0.137. The number of benzene rings is 3. The Bertz CT molecular complexity index is 1380. The van der Waals surface area contributed by atoms with Gasteiger partial charge in [0.2, 0.25) is 0 Å². The normalized spacial score (nSPS) is 11.3. The molecule has 0 aliphatic heterocycles. The molecule has 0 atom stereocenters. The number of amides is 2. The molecule has 4 aromatic rings. The summed E-state index contributed by atoms with van der Waals surface area (Å²) in [6.45, 7) is 0. The summed E-state index contributed by atoms with van der Waals surface area (Å²) in [6, 6.07) is 13.4. The molecule has 1 heterocycles. The van der Waals surface area contributed by atoms with Crippen LogP contribution < -0.4 is 10.6 Å². The maximum atomic E-state index is 13.0. The first-order valence-electron chi connectivity index (χ1n) is 9.51. The van der Waals surface area contributed by atoms with E-state index in [1.807, 2.05) is 0 Å². The number of hydrogen-bond acceptors (Lipinski definition) is 4. The number of aromatic nitrogens is 2. The third kappa shape index (κ3) is 5.09. The van der Waals surface area contributed by atoms with Gasteiger partial charge in [0.25, 0.3) is 0 Å². The highest BCUT2D eigenvalue weighted by Gasteiger charge is 2.33. The Kier molecular flexibility index (Phi) is 5.97. The smallest absolute Gasteiger partial charge is 0.308 e. The first-order valence-corrected chi connectivity index (χ1v) is 9.89. The van der Waals surface area contributed by atoms with E-state index in [0.29, 0.717) is 22.2 Å². The van der Waals surface area contributed by atoms with E-state index in [-0.39, 0.29) is 17.2 Å². The van der Waals surface area contributed by atoms with Crippen LogP contribution in [0.5, 0.6) is 0 Å². The second kappa shape index (κ2) is 8.87. The van der Waals surface area contributed by atoms with Gasteiger partial charge in [0, 0.05) is 34.9 Å². The minimum absolute atomic E-state index is 0.0891. The van der Waals surface area contributed by atoms with Crippen LogP contribution in [0.1, 0.15) is 21.5 Å². The topological polar surface area (TPSA) is 84.0 Å². The van der Waals surface area contributed by atoms with Crippen molar-refractivity contribution in [3.05, 3.63) is 94.8 Å². The zero-order chi connectivity index (χ0) is 23.6. The summed E-state index contributed by atoms with van der Waals surface area (Å²) < 4.78 is 39.0. The van der Waals surface area contributed by atoms with E-state index in [9.17, 15) is 22.8 Å². The number of fused-ring (bicyclic) bond motifs is 1. The fourth-order valence-electron chi connectivity index (χ4n) is 3.12. The molecule has 1 aromatic heterocycles. The van der Waals surface area contributed by atoms with Gasteiger partial charge < -0.3 is 10.6 Å². The van der Waals surface area contributed by atoms with Crippen LogP contribution in [0, 0.1) is 0 Å². The maximum absolute atomic E-state index is 13.0. The number of urea groups is 1. The van der Waals surface area contributed by atoms with E-state index in [4.69, 9.17) is 11.6 Å². The molecule has 4 rings (SSSR count). The van der Waals surface area contributed by atoms with Crippen molar-refractivity contribution in [2.75, 3.05) is 10.6 Å². The van der Waals surface area contributed by atoms with Crippen molar-refractivity contribution in [1.82, 2.24) is 9.97 Å². The van der Waals surface area contributed by atoms with Crippen molar-refractivity contribution < 1.29 is 22.8 Å². The number of anilines is 2. The molecule has 0 aliphatic rings. The van der Waals surface area contributed by atoms with Gasteiger partial charge >= 0.3 is 12.2 Å². The van der Waals surface area contributed by atoms with E-state index in [1.54, 1.807) is 42.6 Å². The monoisotopic (exact) mass is 470 g/mol. The Morgan fingerprint density at radius 3 is 2.18 bits per heavy atom. The first kappa shape index (κ1) is 22.2. The predicted octanol–water partition coefficient (Wildman–Crippen LogP) is 6.18. The molecule has 0 bridgehead atoms. The average Bonchev–Trinajstić information content (AvgIpc) is 2.79. The Morgan fingerprint density at radius 1 is 0.788 bits per heavy atom. The van der Waals surface area contributed by atoms with Gasteiger partial charge in [0.15, 0.2) is 5.78 Å².